The van der Waals surface area contributed by atoms with Crippen LogP contribution in [-0.4, -0.2) is 14.1 Å². The number of ether oxygens (including phenoxy) is 1. The summed E-state index contributed by atoms with van der Waals surface area (Å²) in [7, 11) is 0. The summed E-state index contributed by atoms with van der Waals surface area (Å²) in [5, 5.41) is 1.95. The molecule has 398 valence electrons. The van der Waals surface area contributed by atoms with Crippen molar-refractivity contribution in [1.82, 2.24) is 14.1 Å². The van der Waals surface area contributed by atoms with Gasteiger partial charge in [0.05, 0.1) is 27.7 Å². The molecular weight excluding hydrogens is 1160 g/mol. The number of benzene rings is 9. The van der Waals surface area contributed by atoms with Gasteiger partial charge in [0.2, 0.25) is 0 Å². The summed E-state index contributed by atoms with van der Waals surface area (Å²) in [5.41, 5.74) is 4.82. The van der Waals surface area contributed by atoms with E-state index in [1.807, 2.05) is 106 Å². The maximum absolute atomic E-state index is 10.0. The van der Waals surface area contributed by atoms with Crippen molar-refractivity contribution in [2.24, 2.45) is 0 Å². The molecule has 0 atom stereocenters. The zero-order valence-corrected chi connectivity index (χ0v) is 48.1. The first-order valence-electron chi connectivity index (χ1n) is 33.5. The molecule has 13 rings (SSSR count). The number of imidazole rings is 1. The number of para-hydroxylation sites is 1. The standard InChI is InChI=1S/C74H64N4O.Pt/c1-46-20-18-21-47(2)69(46)50-39-62-58-26-14-12-24-56(58)57-25-13-15-27-59(57)63-38-49(48-30-32-51(33-31-48)72(3,4)5)41-67-71(63)77(70(62)64(40-50)74(9,10)11)45-76(67)53-22-19-23-54(43-53)79-55-34-35-61-60-28-16-17-29-65(60)78(66(61)44-55)68-42-52(36-37-75-68)73(6,7)8;/h12-42H,1-11H3;/q-2;/i1D3,2D3,12D,13D,14D,15D,24D,25D,26D,27D;. The van der Waals surface area contributed by atoms with Crippen molar-refractivity contribution in [2.75, 3.05) is 0 Å². The zero-order chi connectivity index (χ0) is 66.7. The van der Waals surface area contributed by atoms with Crippen LogP contribution < -0.4 is 9.30 Å². The van der Waals surface area contributed by atoms with Gasteiger partial charge in [-0.25, -0.2) is 4.98 Å². The fourth-order valence-electron chi connectivity index (χ4n) is 11.1. The van der Waals surface area contributed by atoms with Gasteiger partial charge in [0, 0.05) is 52.5 Å². The van der Waals surface area contributed by atoms with Gasteiger partial charge in [0.15, 0.2) is 0 Å². The van der Waals surface area contributed by atoms with E-state index in [0.717, 1.165) is 44.3 Å². The first-order chi connectivity index (χ1) is 43.6. The van der Waals surface area contributed by atoms with Gasteiger partial charge in [-0.2, -0.15) is 18.2 Å². The van der Waals surface area contributed by atoms with E-state index in [9.17, 15) is 11.0 Å². The monoisotopic (exact) mass is 1230 g/mol. The minimum absolute atomic E-state index is 0. The Morgan fingerprint density at radius 3 is 1.85 bits per heavy atom. The first-order valence-corrected chi connectivity index (χ1v) is 26.5. The number of hydrogen-bond acceptors (Lipinski definition) is 2. The quantitative estimate of drug-likeness (QED) is 0.123. The molecule has 4 heterocycles. The van der Waals surface area contributed by atoms with Crippen LogP contribution in [0.25, 0.3) is 106 Å². The summed E-state index contributed by atoms with van der Waals surface area (Å²) in [6.45, 7) is 12.9. The van der Waals surface area contributed by atoms with E-state index in [-0.39, 0.29) is 93.2 Å². The molecule has 3 aromatic heterocycles. The van der Waals surface area contributed by atoms with Crippen molar-refractivity contribution in [3.05, 3.63) is 234 Å². The van der Waals surface area contributed by atoms with E-state index in [4.69, 9.17) is 17.9 Å². The van der Waals surface area contributed by atoms with Crippen molar-refractivity contribution in [3.8, 4) is 84.3 Å². The van der Waals surface area contributed by atoms with Crippen molar-refractivity contribution in [3.63, 3.8) is 0 Å². The third-order valence-electron chi connectivity index (χ3n) is 15.1. The maximum atomic E-state index is 10.0. The Balaban J connectivity index is 0.00000848. The molecule has 5 nitrogen and oxygen atoms in total. The average Bonchev–Trinajstić information content (AvgIpc) is 1.46. The maximum Gasteiger partial charge on any atom is 0.268 e. The molecule has 0 N–H and O–H groups in total. The van der Waals surface area contributed by atoms with Crippen LogP contribution in [0.3, 0.4) is 0 Å². The van der Waals surface area contributed by atoms with Crippen LogP contribution >= 0.6 is 0 Å². The number of rotatable bonds is 6. The Morgan fingerprint density at radius 1 is 0.537 bits per heavy atom. The average molecular weight is 1230 g/mol. The van der Waals surface area contributed by atoms with Crippen LogP contribution in [0.2, 0.25) is 0 Å². The van der Waals surface area contributed by atoms with Gasteiger partial charge < -0.3 is 13.9 Å². The molecule has 0 unspecified atom stereocenters. The Hall–Kier alpha value is -8.11. The summed E-state index contributed by atoms with van der Waals surface area (Å²) >= 11 is 0. The van der Waals surface area contributed by atoms with E-state index in [2.05, 4.69) is 82.8 Å². The van der Waals surface area contributed by atoms with Gasteiger partial charge in [-0.15, -0.1) is 29.7 Å². The predicted octanol–water partition coefficient (Wildman–Crippen LogP) is 18.7. The summed E-state index contributed by atoms with van der Waals surface area (Å²) in [6, 6.07) is 43.0. The Labute approximate surface area is 505 Å². The number of hydrogen-bond donors (Lipinski definition) is 0. The molecule has 0 spiro atoms. The third kappa shape index (κ3) is 9.01. The summed E-state index contributed by atoms with van der Waals surface area (Å²) in [5.74, 6) is 1.39. The normalized spacial score (nSPS) is 15.2. The second-order valence-electron chi connectivity index (χ2n) is 23.5. The van der Waals surface area contributed by atoms with Crippen molar-refractivity contribution < 1.29 is 49.6 Å². The Kier molecular flexibility index (Phi) is 9.43. The van der Waals surface area contributed by atoms with Gasteiger partial charge in [-0.1, -0.05) is 189 Å². The second kappa shape index (κ2) is 19.6. The first kappa shape index (κ1) is 38.5. The fraction of sp³-hybridized carbons (Fsp3) is 0.189. The van der Waals surface area contributed by atoms with Crippen LogP contribution in [0.15, 0.2) is 188 Å². The Bertz CT molecular complexity index is 5110. The van der Waals surface area contributed by atoms with Gasteiger partial charge in [0.25, 0.3) is 6.33 Å². The Morgan fingerprint density at radius 2 is 1.18 bits per heavy atom. The molecular formula is C74H64N4OPt-2. The van der Waals surface area contributed by atoms with Crippen LogP contribution in [0.5, 0.6) is 11.5 Å². The van der Waals surface area contributed by atoms with Crippen LogP contribution in [0.1, 0.15) is 109 Å². The fourth-order valence-corrected chi connectivity index (χ4v) is 11.1. The third-order valence-corrected chi connectivity index (χ3v) is 15.1. The van der Waals surface area contributed by atoms with E-state index >= 15 is 0 Å². The molecule has 0 saturated heterocycles. The molecule has 0 bridgehead atoms. The molecule has 6 heteroatoms. The summed E-state index contributed by atoms with van der Waals surface area (Å²) in [4.78, 5) is 4.86. The molecule has 1 aliphatic heterocycles. The second-order valence-corrected chi connectivity index (χ2v) is 23.5. The van der Waals surface area contributed by atoms with Gasteiger partial charge >= 0.3 is 0 Å². The summed E-state index contributed by atoms with van der Waals surface area (Å²) < 4.78 is 143. The van der Waals surface area contributed by atoms with Gasteiger partial charge in [0.1, 0.15) is 5.82 Å². The van der Waals surface area contributed by atoms with E-state index < -0.39 is 67.5 Å². The minimum Gasteiger partial charge on any atom is -0.510 e. The number of aryl methyl sites for hydroxylation is 2. The van der Waals surface area contributed by atoms with Gasteiger partial charge in [-0.05, 0) is 155 Å². The number of nitrogens with zero attached hydrogens (tertiary/aromatic N) is 4. The molecule has 0 saturated carbocycles. The van der Waals surface area contributed by atoms with Gasteiger partial charge in [-0.3, -0.25) is 4.57 Å². The number of pyridine rings is 1. The number of aromatic nitrogens is 4. The van der Waals surface area contributed by atoms with E-state index in [1.165, 1.54) is 18.2 Å². The van der Waals surface area contributed by atoms with Crippen LogP contribution in [-0.2, 0) is 37.3 Å². The topological polar surface area (TPSA) is 35.9 Å². The number of fused-ring (bicyclic) bond motifs is 10. The largest absolute Gasteiger partial charge is 0.510 e. The van der Waals surface area contributed by atoms with Crippen molar-refractivity contribution in [2.45, 2.75) is 92.3 Å². The molecule has 0 radical (unpaired) electrons. The van der Waals surface area contributed by atoms with Crippen LogP contribution in [0, 0.1) is 32.2 Å². The zero-order valence-electron chi connectivity index (χ0n) is 59.8. The predicted molar refractivity (Wildman–Crippen MR) is 326 cm³/mol. The van der Waals surface area contributed by atoms with Crippen LogP contribution in [0.4, 0.5) is 0 Å². The minimum atomic E-state index is -2.85. The molecule has 0 aliphatic carbocycles. The smallest absolute Gasteiger partial charge is 0.268 e. The van der Waals surface area contributed by atoms with Crippen molar-refractivity contribution >= 4 is 32.8 Å². The van der Waals surface area contributed by atoms with E-state index in [1.54, 1.807) is 27.3 Å². The molecule has 12 aromatic rings. The molecule has 9 aromatic carbocycles. The molecule has 0 amide bonds. The molecule has 0 fully saturated rings. The van der Waals surface area contributed by atoms with E-state index in [0.29, 0.717) is 39.3 Å². The SMILES string of the molecule is [2H]c1c([2H])c([2H])c2c(c1[2H])-c1cc(-c3c(C([2H])([2H])[2H])cccc3C([2H])([2H])[2H])cc(C(C)(C)C)c1-[n+]1[c-]n(-c3[c-]c(Oc4[c-]c5c(cc4)c4ccccc4n5-c4cc(C(C)(C)C)ccn4)ccc3)c3cc(-c4ccc(C(C)(C)C)cc4)cc(c31)-c1c([2H])c([2H])c([2H])c([2H])c1-2.[Pt]. The molecule has 1 aliphatic rings. The van der Waals surface area contributed by atoms with Crippen molar-refractivity contribution in [1.29, 1.82) is 0 Å². The molecule has 80 heavy (non-hydrogen) atoms. The summed E-state index contributed by atoms with van der Waals surface area (Å²) in [6.07, 6.45) is 5.49.